The fourth-order valence-corrected chi connectivity index (χ4v) is 4.52. The van der Waals surface area contributed by atoms with Gasteiger partial charge in [-0.1, -0.05) is 23.2 Å². The van der Waals surface area contributed by atoms with Crippen LogP contribution in [-0.2, 0) is 0 Å². The quantitative estimate of drug-likeness (QED) is 0.864. The summed E-state index contributed by atoms with van der Waals surface area (Å²) in [7, 11) is 0. The van der Waals surface area contributed by atoms with Crippen molar-refractivity contribution in [3.05, 3.63) is 45.3 Å². The third-order valence-corrected chi connectivity index (χ3v) is 5.78. The summed E-state index contributed by atoms with van der Waals surface area (Å²) in [6, 6.07) is 9.47. The number of hydrogen-bond donors (Lipinski definition) is 1. The minimum atomic E-state index is 0.0813. The van der Waals surface area contributed by atoms with Crippen molar-refractivity contribution in [1.82, 2.24) is 4.90 Å². The molecule has 6 heteroatoms. The molecule has 2 heterocycles. The lowest BCUT2D eigenvalue weighted by molar-refractivity contribution is 0.0748. The lowest BCUT2D eigenvalue weighted by Gasteiger charge is -2.20. The van der Waals surface area contributed by atoms with Crippen molar-refractivity contribution in [2.45, 2.75) is 19.4 Å². The Hall–Kier alpha value is -1.07. The maximum Gasteiger partial charge on any atom is 0.264 e. The largest absolute Gasteiger partial charge is 0.335 e. The van der Waals surface area contributed by atoms with Gasteiger partial charge in [-0.15, -0.1) is 11.3 Å². The van der Waals surface area contributed by atoms with Crippen molar-refractivity contribution in [3.63, 3.8) is 0 Å². The normalized spacial score (nSPS) is 21.0. The molecular formula is C17H18Cl2N2OS. The molecular weight excluding hydrogens is 351 g/mol. The third kappa shape index (κ3) is 3.56. The lowest BCUT2D eigenvalue weighted by Crippen LogP contribution is -2.33. The number of carbonyl (C=O) groups excluding carboxylic acids is 1. The monoisotopic (exact) mass is 368 g/mol. The van der Waals surface area contributed by atoms with Crippen LogP contribution in [0.3, 0.4) is 0 Å². The highest BCUT2D eigenvalue weighted by Gasteiger charge is 2.32. The van der Waals surface area contributed by atoms with Gasteiger partial charge < -0.3 is 10.6 Å². The van der Waals surface area contributed by atoms with Crippen molar-refractivity contribution >= 4 is 40.4 Å². The van der Waals surface area contributed by atoms with Crippen LogP contribution in [0.2, 0.25) is 10.0 Å². The van der Waals surface area contributed by atoms with Gasteiger partial charge in [-0.25, -0.2) is 0 Å². The number of likely N-dealkylation sites (tertiary alicyclic amines) is 1. The van der Waals surface area contributed by atoms with Crippen LogP contribution in [0.4, 0.5) is 0 Å². The molecule has 0 bridgehead atoms. The Morgan fingerprint density at radius 3 is 2.61 bits per heavy atom. The van der Waals surface area contributed by atoms with E-state index in [0.29, 0.717) is 22.5 Å². The molecule has 1 aromatic heterocycles. The molecule has 2 aromatic rings. The van der Waals surface area contributed by atoms with Crippen LogP contribution < -0.4 is 5.73 Å². The Kier molecular flexibility index (Phi) is 4.97. The molecule has 1 fully saturated rings. The average Bonchev–Trinajstić information content (AvgIpc) is 3.12. The van der Waals surface area contributed by atoms with Gasteiger partial charge in [0.15, 0.2) is 0 Å². The van der Waals surface area contributed by atoms with Crippen LogP contribution in [0.1, 0.15) is 23.0 Å². The summed E-state index contributed by atoms with van der Waals surface area (Å²) in [5.41, 5.74) is 6.68. The van der Waals surface area contributed by atoms with Gasteiger partial charge in [-0.3, -0.25) is 4.79 Å². The van der Waals surface area contributed by atoms with E-state index in [4.69, 9.17) is 28.9 Å². The Bertz CT molecular complexity index is 711. The second-order valence-electron chi connectivity index (χ2n) is 5.97. The van der Waals surface area contributed by atoms with Crippen molar-refractivity contribution in [3.8, 4) is 10.4 Å². The van der Waals surface area contributed by atoms with Crippen LogP contribution in [0.5, 0.6) is 0 Å². The van der Waals surface area contributed by atoms with Gasteiger partial charge in [0.1, 0.15) is 0 Å². The van der Waals surface area contributed by atoms with Crippen molar-refractivity contribution < 1.29 is 4.79 Å². The van der Waals surface area contributed by atoms with E-state index < -0.39 is 0 Å². The van der Waals surface area contributed by atoms with Gasteiger partial charge in [0, 0.05) is 27.5 Å². The molecule has 0 aliphatic carbocycles. The van der Waals surface area contributed by atoms with Gasteiger partial charge in [-0.2, -0.15) is 0 Å². The highest BCUT2D eigenvalue weighted by atomic mass is 35.5. The number of amides is 1. The van der Waals surface area contributed by atoms with E-state index in [-0.39, 0.29) is 11.9 Å². The molecule has 0 spiro atoms. The highest BCUT2D eigenvalue weighted by molar-refractivity contribution is 7.17. The summed E-state index contributed by atoms with van der Waals surface area (Å²) in [4.78, 5) is 16.4. The number of rotatable bonds is 3. The van der Waals surface area contributed by atoms with E-state index in [1.165, 1.54) is 11.3 Å². The molecule has 1 aromatic carbocycles. The first-order valence-corrected chi connectivity index (χ1v) is 9.12. The summed E-state index contributed by atoms with van der Waals surface area (Å²) in [6.07, 6.45) is 0.977. The van der Waals surface area contributed by atoms with Gasteiger partial charge in [0.05, 0.1) is 4.88 Å². The van der Waals surface area contributed by atoms with Crippen molar-refractivity contribution in [1.29, 1.82) is 0 Å². The standard InChI is InChI=1S/C17H18Cl2N2OS/c1-10-4-11(8-20)9-21(10)17(22)16-3-2-15(23-16)12-5-13(18)7-14(19)6-12/h2-3,5-7,10-11H,4,8-9,20H2,1H3. The Morgan fingerprint density at radius 2 is 2.00 bits per heavy atom. The zero-order valence-corrected chi connectivity index (χ0v) is 15.1. The minimum Gasteiger partial charge on any atom is -0.335 e. The summed E-state index contributed by atoms with van der Waals surface area (Å²) in [5, 5.41) is 1.18. The van der Waals surface area contributed by atoms with E-state index in [1.54, 1.807) is 6.07 Å². The van der Waals surface area contributed by atoms with E-state index >= 15 is 0 Å². The SMILES string of the molecule is CC1CC(CN)CN1C(=O)c1ccc(-c2cc(Cl)cc(Cl)c2)s1. The number of benzene rings is 1. The van der Waals surface area contributed by atoms with Crippen molar-refractivity contribution in [2.24, 2.45) is 11.7 Å². The van der Waals surface area contributed by atoms with Crippen LogP contribution >= 0.6 is 34.5 Å². The van der Waals surface area contributed by atoms with E-state index in [1.807, 2.05) is 29.2 Å². The van der Waals surface area contributed by atoms with Crippen molar-refractivity contribution in [2.75, 3.05) is 13.1 Å². The fourth-order valence-electron chi connectivity index (χ4n) is 3.04. The first-order chi connectivity index (χ1) is 11.0. The fraction of sp³-hybridized carbons (Fsp3) is 0.353. The summed E-state index contributed by atoms with van der Waals surface area (Å²) in [6.45, 7) is 3.45. The number of halogens is 2. The maximum atomic E-state index is 12.7. The summed E-state index contributed by atoms with van der Waals surface area (Å²) < 4.78 is 0. The van der Waals surface area contributed by atoms with Crippen LogP contribution in [0, 0.1) is 5.92 Å². The van der Waals surface area contributed by atoms with Crippen LogP contribution in [0.15, 0.2) is 30.3 Å². The second kappa shape index (κ2) is 6.81. The number of nitrogens with two attached hydrogens (primary N) is 1. The van der Waals surface area contributed by atoms with E-state index in [9.17, 15) is 4.79 Å². The molecule has 1 saturated heterocycles. The number of carbonyl (C=O) groups is 1. The van der Waals surface area contributed by atoms with Crippen LogP contribution in [-0.4, -0.2) is 29.9 Å². The number of thiophene rings is 1. The predicted molar refractivity (Wildman–Crippen MR) is 97.4 cm³/mol. The maximum absolute atomic E-state index is 12.7. The minimum absolute atomic E-state index is 0.0813. The Morgan fingerprint density at radius 1 is 1.30 bits per heavy atom. The molecule has 3 nitrogen and oxygen atoms in total. The zero-order chi connectivity index (χ0) is 16.6. The molecule has 23 heavy (non-hydrogen) atoms. The average molecular weight is 369 g/mol. The molecule has 1 amide bonds. The predicted octanol–water partition coefficient (Wildman–Crippen LogP) is 4.53. The second-order valence-corrected chi connectivity index (χ2v) is 7.92. The molecule has 2 unspecified atom stereocenters. The summed E-state index contributed by atoms with van der Waals surface area (Å²) in [5.74, 6) is 0.484. The number of hydrogen-bond acceptors (Lipinski definition) is 3. The lowest BCUT2D eigenvalue weighted by atomic mass is 10.1. The molecule has 1 aliphatic heterocycles. The molecule has 3 rings (SSSR count). The molecule has 0 radical (unpaired) electrons. The molecule has 2 N–H and O–H groups in total. The Balaban J connectivity index is 1.83. The van der Waals surface area contributed by atoms with Crippen LogP contribution in [0.25, 0.3) is 10.4 Å². The molecule has 1 aliphatic rings. The summed E-state index contributed by atoms with van der Waals surface area (Å²) >= 11 is 13.6. The first-order valence-electron chi connectivity index (χ1n) is 7.55. The van der Waals surface area contributed by atoms with Gasteiger partial charge in [0.25, 0.3) is 5.91 Å². The van der Waals surface area contributed by atoms with E-state index in [2.05, 4.69) is 6.92 Å². The third-order valence-electron chi connectivity index (χ3n) is 4.22. The molecule has 122 valence electrons. The smallest absolute Gasteiger partial charge is 0.264 e. The highest BCUT2D eigenvalue weighted by Crippen LogP contribution is 2.34. The number of nitrogens with zero attached hydrogens (tertiary/aromatic N) is 1. The molecule has 0 saturated carbocycles. The first kappa shape index (κ1) is 16.8. The Labute approximate surface area is 150 Å². The topological polar surface area (TPSA) is 46.3 Å². The van der Waals surface area contributed by atoms with Gasteiger partial charge in [0.2, 0.25) is 0 Å². The molecule has 2 atom stereocenters. The zero-order valence-electron chi connectivity index (χ0n) is 12.8. The van der Waals surface area contributed by atoms with E-state index in [0.717, 1.165) is 28.3 Å². The van der Waals surface area contributed by atoms with Gasteiger partial charge >= 0.3 is 0 Å². The van der Waals surface area contributed by atoms with Gasteiger partial charge in [-0.05, 0) is 61.7 Å².